The smallest absolute Gasteiger partial charge is 0.384 e. The van der Waals surface area contributed by atoms with Crippen LogP contribution in [-0.2, 0) is 17.5 Å². The van der Waals surface area contributed by atoms with Crippen LogP contribution in [0, 0.1) is 5.92 Å². The number of pyridine rings is 1. The molecule has 2 aromatic rings. The van der Waals surface area contributed by atoms with Crippen LogP contribution in [0.25, 0.3) is 5.65 Å². The Hall–Kier alpha value is -1.67. The fraction of sp³-hybridized carbons (Fsp3) is 0.571. The molecule has 0 aromatic carbocycles. The summed E-state index contributed by atoms with van der Waals surface area (Å²) in [5.74, 6) is 0.715. The highest BCUT2D eigenvalue weighted by atomic mass is 19.4. The third-order valence-electron chi connectivity index (χ3n) is 3.67. The van der Waals surface area contributed by atoms with Gasteiger partial charge in [0.05, 0.1) is 18.7 Å². The second-order valence-electron chi connectivity index (χ2n) is 5.36. The predicted molar refractivity (Wildman–Crippen MR) is 75.3 cm³/mol. The molecule has 2 aromatic heterocycles. The van der Waals surface area contributed by atoms with E-state index in [2.05, 4.69) is 15.5 Å². The lowest BCUT2D eigenvalue weighted by Gasteiger charge is -2.20. The Bertz CT molecular complexity index is 626. The van der Waals surface area contributed by atoms with E-state index in [4.69, 9.17) is 4.74 Å². The fourth-order valence-electron chi connectivity index (χ4n) is 2.09. The van der Waals surface area contributed by atoms with Gasteiger partial charge in [0.15, 0.2) is 11.5 Å². The van der Waals surface area contributed by atoms with Gasteiger partial charge >= 0.3 is 6.18 Å². The van der Waals surface area contributed by atoms with Crippen LogP contribution < -0.4 is 5.32 Å². The summed E-state index contributed by atoms with van der Waals surface area (Å²) in [6, 6.07) is 2.46. The van der Waals surface area contributed by atoms with Crippen molar-refractivity contribution in [3.63, 3.8) is 0 Å². The Balaban J connectivity index is 2.14. The van der Waals surface area contributed by atoms with Gasteiger partial charge in [0.25, 0.3) is 0 Å². The lowest BCUT2D eigenvalue weighted by molar-refractivity contribution is -0.137. The van der Waals surface area contributed by atoms with Crippen LogP contribution in [0.2, 0.25) is 0 Å². The summed E-state index contributed by atoms with van der Waals surface area (Å²) < 4.78 is 44.8. The minimum atomic E-state index is -4.39. The number of alkyl halides is 3. The number of rotatable bonds is 6. The molecule has 122 valence electrons. The molecule has 22 heavy (non-hydrogen) atoms. The standard InChI is InChI=1S/C14H19F3N4O/c1-9(8-22-3)10(2)18-6-13-20-19-12-5-4-11(7-21(12)13)14(15,16)17/h4-5,7,9-10,18H,6,8H2,1-3H3/t9-,10+/m0/s1. The van der Waals surface area contributed by atoms with Crippen LogP contribution in [0.15, 0.2) is 18.3 Å². The second-order valence-corrected chi connectivity index (χ2v) is 5.36. The van der Waals surface area contributed by atoms with Crippen molar-refractivity contribution >= 4 is 5.65 Å². The summed E-state index contributed by atoms with van der Waals surface area (Å²) in [6.07, 6.45) is -3.36. The lowest BCUT2D eigenvalue weighted by atomic mass is 10.1. The summed E-state index contributed by atoms with van der Waals surface area (Å²) in [5, 5.41) is 11.1. The van der Waals surface area contributed by atoms with E-state index in [0.717, 1.165) is 12.3 Å². The summed E-state index contributed by atoms with van der Waals surface area (Å²) in [5.41, 5.74) is -0.329. The van der Waals surface area contributed by atoms with Crippen molar-refractivity contribution < 1.29 is 17.9 Å². The van der Waals surface area contributed by atoms with Crippen LogP contribution in [0.1, 0.15) is 25.2 Å². The minimum absolute atomic E-state index is 0.137. The minimum Gasteiger partial charge on any atom is -0.384 e. The number of hydrogen-bond donors (Lipinski definition) is 1. The van der Waals surface area contributed by atoms with E-state index in [-0.39, 0.29) is 12.0 Å². The zero-order valence-electron chi connectivity index (χ0n) is 12.7. The van der Waals surface area contributed by atoms with Gasteiger partial charge in [-0.3, -0.25) is 4.40 Å². The first-order valence-corrected chi connectivity index (χ1v) is 6.96. The zero-order chi connectivity index (χ0) is 16.3. The highest BCUT2D eigenvalue weighted by molar-refractivity contribution is 5.40. The van der Waals surface area contributed by atoms with E-state index in [0.29, 0.717) is 24.6 Å². The van der Waals surface area contributed by atoms with Gasteiger partial charge in [0, 0.05) is 19.3 Å². The molecule has 0 aliphatic carbocycles. The molecular weight excluding hydrogens is 297 g/mol. The Labute approximate surface area is 126 Å². The normalized spacial score (nSPS) is 15.2. The van der Waals surface area contributed by atoms with Crippen molar-refractivity contribution in [3.05, 3.63) is 29.7 Å². The number of nitrogens with one attached hydrogen (secondary N) is 1. The molecule has 0 bridgehead atoms. The van der Waals surface area contributed by atoms with Gasteiger partial charge in [-0.2, -0.15) is 13.2 Å². The molecule has 8 heteroatoms. The number of fused-ring (bicyclic) bond motifs is 1. The van der Waals surface area contributed by atoms with Crippen molar-refractivity contribution in [1.29, 1.82) is 0 Å². The van der Waals surface area contributed by atoms with Gasteiger partial charge in [-0.15, -0.1) is 10.2 Å². The van der Waals surface area contributed by atoms with Crippen LogP contribution in [-0.4, -0.2) is 34.4 Å². The van der Waals surface area contributed by atoms with Crippen LogP contribution in [0.5, 0.6) is 0 Å². The second kappa shape index (κ2) is 6.62. The SMILES string of the molecule is COC[C@H](C)[C@@H](C)NCc1nnc2ccc(C(F)(F)F)cn12. The molecule has 0 radical (unpaired) electrons. The lowest BCUT2D eigenvalue weighted by Crippen LogP contribution is -2.34. The summed E-state index contributed by atoms with van der Waals surface area (Å²) in [4.78, 5) is 0. The maximum atomic E-state index is 12.8. The van der Waals surface area contributed by atoms with Crippen molar-refractivity contribution in [2.75, 3.05) is 13.7 Å². The van der Waals surface area contributed by atoms with Crippen LogP contribution in [0.4, 0.5) is 13.2 Å². The Kier molecular flexibility index (Phi) is 5.02. The highest BCUT2D eigenvalue weighted by Gasteiger charge is 2.31. The summed E-state index contributed by atoms with van der Waals surface area (Å²) in [6.45, 7) is 4.96. The quantitative estimate of drug-likeness (QED) is 0.890. The van der Waals surface area contributed by atoms with E-state index in [1.165, 1.54) is 10.5 Å². The zero-order valence-corrected chi connectivity index (χ0v) is 12.7. The molecule has 2 atom stereocenters. The van der Waals surface area contributed by atoms with Crippen LogP contribution in [0.3, 0.4) is 0 Å². The highest BCUT2D eigenvalue weighted by Crippen LogP contribution is 2.29. The predicted octanol–water partition coefficient (Wildman–Crippen LogP) is 2.51. The average Bonchev–Trinajstić information content (AvgIpc) is 2.86. The number of hydrogen-bond acceptors (Lipinski definition) is 4. The monoisotopic (exact) mass is 316 g/mol. The first kappa shape index (κ1) is 16.7. The Morgan fingerprint density at radius 3 is 2.64 bits per heavy atom. The van der Waals surface area contributed by atoms with Gasteiger partial charge < -0.3 is 10.1 Å². The van der Waals surface area contributed by atoms with Crippen molar-refractivity contribution in [3.8, 4) is 0 Å². The van der Waals surface area contributed by atoms with Gasteiger partial charge in [0.1, 0.15) is 0 Å². The molecule has 2 heterocycles. The Morgan fingerprint density at radius 2 is 2.00 bits per heavy atom. The number of nitrogens with zero attached hydrogens (tertiary/aromatic N) is 3. The molecule has 0 aliphatic rings. The largest absolute Gasteiger partial charge is 0.417 e. The van der Waals surface area contributed by atoms with Gasteiger partial charge in [-0.05, 0) is 25.0 Å². The topological polar surface area (TPSA) is 51.5 Å². The van der Waals surface area contributed by atoms with E-state index in [9.17, 15) is 13.2 Å². The molecular formula is C14H19F3N4O. The summed E-state index contributed by atoms with van der Waals surface area (Å²) >= 11 is 0. The summed E-state index contributed by atoms with van der Waals surface area (Å²) in [7, 11) is 1.63. The number of methoxy groups -OCH3 is 1. The van der Waals surface area contributed by atoms with Crippen molar-refractivity contribution in [1.82, 2.24) is 19.9 Å². The number of aromatic nitrogens is 3. The van der Waals surface area contributed by atoms with Crippen molar-refractivity contribution in [2.24, 2.45) is 5.92 Å². The molecule has 5 nitrogen and oxygen atoms in total. The molecule has 0 saturated carbocycles. The van der Waals surface area contributed by atoms with E-state index in [1.54, 1.807) is 7.11 Å². The third kappa shape index (κ3) is 3.75. The molecule has 0 amide bonds. The van der Waals surface area contributed by atoms with Gasteiger partial charge in [-0.25, -0.2) is 0 Å². The molecule has 1 N–H and O–H groups in total. The van der Waals surface area contributed by atoms with Gasteiger partial charge in [-0.1, -0.05) is 6.92 Å². The molecule has 0 spiro atoms. The van der Waals surface area contributed by atoms with Crippen LogP contribution >= 0.6 is 0 Å². The molecule has 0 saturated heterocycles. The first-order valence-electron chi connectivity index (χ1n) is 6.96. The first-order chi connectivity index (χ1) is 10.3. The van der Waals surface area contributed by atoms with E-state index >= 15 is 0 Å². The third-order valence-corrected chi connectivity index (χ3v) is 3.67. The van der Waals surface area contributed by atoms with E-state index < -0.39 is 11.7 Å². The molecule has 0 fully saturated rings. The maximum Gasteiger partial charge on any atom is 0.417 e. The molecule has 0 aliphatic heterocycles. The average molecular weight is 316 g/mol. The Morgan fingerprint density at radius 1 is 1.27 bits per heavy atom. The van der Waals surface area contributed by atoms with E-state index in [1.807, 2.05) is 13.8 Å². The van der Waals surface area contributed by atoms with Gasteiger partial charge in [0.2, 0.25) is 0 Å². The molecule has 0 unspecified atom stereocenters. The molecule has 2 rings (SSSR count). The number of ether oxygens (including phenoxy) is 1. The fourth-order valence-corrected chi connectivity index (χ4v) is 2.09. The maximum absolute atomic E-state index is 12.8. The number of halogens is 3. The van der Waals surface area contributed by atoms with Crippen molar-refractivity contribution in [2.45, 2.75) is 32.6 Å².